The fraction of sp³-hybridized carbons (Fsp3) is 1.00. The van der Waals surface area contributed by atoms with Crippen molar-refractivity contribution in [2.24, 2.45) is 29.1 Å². The van der Waals surface area contributed by atoms with Gasteiger partial charge in [0.2, 0.25) is 0 Å². The van der Waals surface area contributed by atoms with Crippen molar-refractivity contribution < 1.29 is 0 Å². The first-order chi connectivity index (χ1) is 9.45. The van der Waals surface area contributed by atoms with Gasteiger partial charge in [-0.2, -0.15) is 0 Å². The smallest absolute Gasteiger partial charge is 0.0103 e. The van der Waals surface area contributed by atoms with Gasteiger partial charge in [0.1, 0.15) is 0 Å². The number of fused-ring (bicyclic) bond motifs is 2. The lowest BCUT2D eigenvalue weighted by atomic mass is 9.69. The van der Waals surface area contributed by atoms with Crippen molar-refractivity contribution in [3.8, 4) is 0 Å². The van der Waals surface area contributed by atoms with E-state index in [2.05, 4.69) is 33.0 Å². The Bertz CT molecular complexity index is 329. The summed E-state index contributed by atoms with van der Waals surface area (Å²) in [5.41, 5.74) is 0.465. The van der Waals surface area contributed by atoms with E-state index in [4.69, 9.17) is 0 Å². The highest BCUT2D eigenvalue weighted by molar-refractivity contribution is 4.96. The normalized spacial score (nSPS) is 42.9. The Morgan fingerprint density at radius 1 is 0.950 bits per heavy atom. The largest absolute Gasteiger partial charge is 0.311 e. The Morgan fingerprint density at radius 2 is 1.70 bits per heavy atom. The molecule has 2 bridgehead atoms. The zero-order valence-corrected chi connectivity index (χ0v) is 14.1. The zero-order valence-electron chi connectivity index (χ0n) is 14.1. The van der Waals surface area contributed by atoms with Crippen LogP contribution < -0.4 is 5.32 Å². The first-order valence-corrected chi connectivity index (χ1v) is 9.21. The minimum Gasteiger partial charge on any atom is -0.311 e. The van der Waals surface area contributed by atoms with Crippen LogP contribution in [-0.4, -0.2) is 12.1 Å². The van der Waals surface area contributed by atoms with E-state index in [1.165, 1.54) is 44.9 Å². The highest BCUT2D eigenvalue weighted by Gasteiger charge is 2.43. The molecule has 0 aromatic heterocycles. The van der Waals surface area contributed by atoms with Gasteiger partial charge in [0, 0.05) is 12.1 Å². The molecule has 3 fully saturated rings. The third-order valence-electron chi connectivity index (χ3n) is 6.79. The third kappa shape index (κ3) is 2.93. The molecule has 0 spiro atoms. The maximum atomic E-state index is 4.10. The molecule has 0 heterocycles. The van der Waals surface area contributed by atoms with Gasteiger partial charge in [-0.25, -0.2) is 0 Å². The van der Waals surface area contributed by atoms with Gasteiger partial charge >= 0.3 is 0 Å². The number of hydrogen-bond donors (Lipinski definition) is 1. The second-order valence-corrected chi connectivity index (χ2v) is 9.16. The highest BCUT2D eigenvalue weighted by atomic mass is 15.0. The van der Waals surface area contributed by atoms with Gasteiger partial charge in [0.05, 0.1) is 0 Å². The van der Waals surface area contributed by atoms with Crippen LogP contribution in [0.4, 0.5) is 0 Å². The van der Waals surface area contributed by atoms with Gasteiger partial charge in [0.15, 0.2) is 0 Å². The molecule has 1 N–H and O–H groups in total. The molecular weight excluding hydrogens is 242 g/mol. The number of hydrogen-bond acceptors (Lipinski definition) is 1. The Morgan fingerprint density at radius 3 is 2.30 bits per heavy atom. The van der Waals surface area contributed by atoms with Crippen molar-refractivity contribution in [3.05, 3.63) is 0 Å². The van der Waals surface area contributed by atoms with Crippen molar-refractivity contribution in [3.63, 3.8) is 0 Å². The van der Waals surface area contributed by atoms with Gasteiger partial charge in [-0.15, -0.1) is 0 Å². The monoisotopic (exact) mass is 277 g/mol. The van der Waals surface area contributed by atoms with Gasteiger partial charge in [-0.05, 0) is 68.1 Å². The Hall–Kier alpha value is -0.0400. The second kappa shape index (κ2) is 5.63. The predicted molar refractivity (Wildman–Crippen MR) is 86.7 cm³/mol. The van der Waals surface area contributed by atoms with E-state index < -0.39 is 0 Å². The van der Waals surface area contributed by atoms with E-state index in [0.717, 1.165) is 35.8 Å². The standard InChI is InChI=1S/C19H35N/c1-13(16-12-14-9-10-15(16)11-14)20-18-8-6-5-7-17(18)19(2,3)4/h13-18,20H,5-12H2,1-4H3. The maximum Gasteiger partial charge on any atom is 0.0103 e. The summed E-state index contributed by atoms with van der Waals surface area (Å²) in [6.45, 7) is 9.82. The lowest BCUT2D eigenvalue weighted by Crippen LogP contribution is -2.50. The average molecular weight is 277 g/mol. The summed E-state index contributed by atoms with van der Waals surface area (Å²) in [7, 11) is 0. The molecule has 1 heteroatoms. The van der Waals surface area contributed by atoms with Crippen LogP contribution in [0.3, 0.4) is 0 Å². The topological polar surface area (TPSA) is 12.0 Å². The van der Waals surface area contributed by atoms with Crippen LogP contribution in [0, 0.1) is 29.1 Å². The summed E-state index contributed by atoms with van der Waals surface area (Å²) in [6, 6.07) is 1.52. The van der Waals surface area contributed by atoms with E-state index in [9.17, 15) is 0 Å². The summed E-state index contributed by atoms with van der Waals surface area (Å²) in [5.74, 6) is 3.99. The molecule has 3 saturated carbocycles. The molecule has 6 atom stereocenters. The van der Waals surface area contributed by atoms with E-state index >= 15 is 0 Å². The van der Waals surface area contributed by atoms with E-state index in [0.29, 0.717) is 5.41 Å². The molecular formula is C19H35N. The lowest BCUT2D eigenvalue weighted by molar-refractivity contribution is 0.111. The molecule has 3 rings (SSSR count). The minimum absolute atomic E-state index is 0.465. The van der Waals surface area contributed by atoms with E-state index in [-0.39, 0.29) is 0 Å². The number of nitrogens with one attached hydrogen (secondary N) is 1. The van der Waals surface area contributed by atoms with Gasteiger partial charge in [-0.3, -0.25) is 0 Å². The Balaban J connectivity index is 1.60. The molecule has 6 unspecified atom stereocenters. The first-order valence-electron chi connectivity index (χ1n) is 9.21. The van der Waals surface area contributed by atoms with Crippen molar-refractivity contribution in [2.45, 2.75) is 91.1 Å². The molecule has 1 nitrogen and oxygen atoms in total. The van der Waals surface area contributed by atoms with Crippen molar-refractivity contribution in [2.75, 3.05) is 0 Å². The van der Waals surface area contributed by atoms with Gasteiger partial charge in [0.25, 0.3) is 0 Å². The molecule has 20 heavy (non-hydrogen) atoms. The molecule has 0 amide bonds. The quantitative estimate of drug-likeness (QED) is 0.765. The summed E-state index contributed by atoms with van der Waals surface area (Å²) in [4.78, 5) is 0. The molecule has 0 radical (unpaired) electrons. The fourth-order valence-corrected chi connectivity index (χ4v) is 5.73. The molecule has 3 aliphatic rings. The molecule has 0 aromatic carbocycles. The maximum absolute atomic E-state index is 4.10. The number of rotatable bonds is 3. The Labute approximate surface area is 126 Å². The predicted octanol–water partition coefficient (Wildman–Crippen LogP) is 5.01. The van der Waals surface area contributed by atoms with Crippen molar-refractivity contribution in [1.82, 2.24) is 5.32 Å². The van der Waals surface area contributed by atoms with Crippen LogP contribution in [0.5, 0.6) is 0 Å². The summed E-state index contributed by atoms with van der Waals surface area (Å²) in [5, 5.41) is 4.10. The van der Waals surface area contributed by atoms with Crippen molar-refractivity contribution in [1.29, 1.82) is 0 Å². The molecule has 0 aliphatic heterocycles. The fourth-order valence-electron chi connectivity index (χ4n) is 5.73. The van der Waals surface area contributed by atoms with Crippen LogP contribution >= 0.6 is 0 Å². The van der Waals surface area contributed by atoms with Crippen molar-refractivity contribution >= 4 is 0 Å². The van der Waals surface area contributed by atoms with Gasteiger partial charge in [-0.1, -0.05) is 40.0 Å². The van der Waals surface area contributed by atoms with Crippen LogP contribution in [-0.2, 0) is 0 Å². The van der Waals surface area contributed by atoms with Gasteiger partial charge < -0.3 is 5.32 Å². The Kier molecular flexibility index (Phi) is 4.19. The lowest BCUT2D eigenvalue weighted by Gasteiger charge is -2.43. The van der Waals surface area contributed by atoms with E-state index in [1.54, 1.807) is 6.42 Å². The minimum atomic E-state index is 0.465. The average Bonchev–Trinajstić information content (AvgIpc) is 3.00. The third-order valence-corrected chi connectivity index (χ3v) is 6.79. The van der Waals surface area contributed by atoms with Crippen LogP contribution in [0.25, 0.3) is 0 Å². The summed E-state index contributed by atoms with van der Waals surface area (Å²) >= 11 is 0. The molecule has 0 saturated heterocycles. The van der Waals surface area contributed by atoms with E-state index in [1.807, 2.05) is 0 Å². The van der Waals surface area contributed by atoms with Crippen LogP contribution in [0.2, 0.25) is 0 Å². The van der Waals surface area contributed by atoms with Crippen LogP contribution in [0.1, 0.15) is 79.1 Å². The second-order valence-electron chi connectivity index (χ2n) is 9.16. The zero-order chi connectivity index (χ0) is 14.3. The molecule has 0 aromatic rings. The SMILES string of the molecule is CC(NC1CCCCC1C(C)(C)C)C1CC2CCC1C2. The summed E-state index contributed by atoms with van der Waals surface area (Å²) in [6.07, 6.45) is 11.8. The molecule has 116 valence electrons. The highest BCUT2D eigenvalue weighted by Crippen LogP contribution is 2.50. The summed E-state index contributed by atoms with van der Waals surface area (Å²) < 4.78 is 0. The molecule has 3 aliphatic carbocycles. The van der Waals surface area contributed by atoms with Crippen LogP contribution in [0.15, 0.2) is 0 Å². The first kappa shape index (κ1) is 14.9.